The van der Waals surface area contributed by atoms with Crippen LogP contribution < -0.4 is 10.6 Å². The molecule has 0 saturated heterocycles. The summed E-state index contributed by atoms with van der Waals surface area (Å²) in [6.45, 7) is 0. The molecule has 3 aromatic rings. The zero-order chi connectivity index (χ0) is 24.1. The van der Waals surface area contributed by atoms with Crippen LogP contribution in [-0.2, 0) is 9.59 Å². The smallest absolute Gasteiger partial charge is 0.254 e. The minimum atomic E-state index is -1.82. The van der Waals surface area contributed by atoms with Gasteiger partial charge in [-0.15, -0.1) is 0 Å². The van der Waals surface area contributed by atoms with E-state index in [1.165, 1.54) is 0 Å². The van der Waals surface area contributed by atoms with Crippen LogP contribution in [0.1, 0.15) is 43.8 Å². The first-order chi connectivity index (χ1) is 16.4. The summed E-state index contributed by atoms with van der Waals surface area (Å²) in [5.41, 5.74) is 1.40. The Bertz CT molecular complexity index is 1130. The Morgan fingerprint density at radius 1 is 0.971 bits per heavy atom. The molecule has 0 aliphatic heterocycles. The second-order valence-corrected chi connectivity index (χ2v) is 8.51. The molecule has 4 N–H and O–H groups in total. The first kappa shape index (κ1) is 23.6. The number of anilines is 1. The van der Waals surface area contributed by atoms with Gasteiger partial charge in [-0.25, -0.2) is 8.78 Å². The highest BCUT2D eigenvalue weighted by atomic mass is 19.1. The number of hydrogen-bond acceptors (Lipinski definition) is 4. The molecule has 0 bridgehead atoms. The van der Waals surface area contributed by atoms with Gasteiger partial charge in [0.2, 0.25) is 5.91 Å². The number of halogens is 2. The molecule has 1 heterocycles. The van der Waals surface area contributed by atoms with E-state index in [-0.39, 0.29) is 11.5 Å². The molecule has 0 spiro atoms. The molecule has 178 valence electrons. The van der Waals surface area contributed by atoms with Crippen LogP contribution in [0, 0.1) is 17.6 Å². The Morgan fingerprint density at radius 3 is 2.32 bits per heavy atom. The summed E-state index contributed by atoms with van der Waals surface area (Å²) in [5.74, 6) is -3.02. The number of hydrogen-bond donors (Lipinski definition) is 4. The van der Waals surface area contributed by atoms with E-state index in [9.17, 15) is 23.5 Å². The molecule has 7 nitrogen and oxygen atoms in total. The van der Waals surface area contributed by atoms with E-state index in [0.717, 1.165) is 55.5 Å². The van der Waals surface area contributed by atoms with Crippen LogP contribution >= 0.6 is 0 Å². The van der Waals surface area contributed by atoms with Gasteiger partial charge in [-0.3, -0.25) is 14.7 Å². The van der Waals surface area contributed by atoms with E-state index in [1.807, 2.05) is 30.3 Å². The molecule has 4 rings (SSSR count). The van der Waals surface area contributed by atoms with Crippen LogP contribution in [-0.4, -0.2) is 33.2 Å². The number of amides is 2. The molecule has 1 fully saturated rings. The average molecular weight is 469 g/mol. The zero-order valence-corrected chi connectivity index (χ0v) is 18.4. The van der Waals surface area contributed by atoms with Crippen molar-refractivity contribution in [1.82, 2.24) is 15.5 Å². The third-order valence-corrected chi connectivity index (χ3v) is 6.06. The van der Waals surface area contributed by atoms with Crippen molar-refractivity contribution in [1.29, 1.82) is 0 Å². The largest absolute Gasteiger partial charge is 0.378 e. The number of nitrogens with zero attached hydrogens (tertiary/aromatic N) is 1. The number of carbonyl (C=O) groups is 2. The number of benzene rings is 2. The van der Waals surface area contributed by atoms with Crippen molar-refractivity contribution >= 4 is 17.6 Å². The van der Waals surface area contributed by atoms with E-state index >= 15 is 0 Å². The van der Waals surface area contributed by atoms with Gasteiger partial charge in [0.1, 0.15) is 17.7 Å². The van der Waals surface area contributed by atoms with E-state index in [0.29, 0.717) is 11.9 Å². The quantitative estimate of drug-likeness (QED) is 0.419. The SMILES string of the molecule is O=C(NC(C(=O)Nc1cc(-c2ccccc2)[nH]n1)C1CCCCC1)C(O)c1cc(F)cc(F)c1. The van der Waals surface area contributed by atoms with Gasteiger partial charge >= 0.3 is 0 Å². The van der Waals surface area contributed by atoms with Gasteiger partial charge < -0.3 is 15.7 Å². The minimum Gasteiger partial charge on any atom is -0.378 e. The van der Waals surface area contributed by atoms with Crippen LogP contribution in [0.5, 0.6) is 0 Å². The second-order valence-electron chi connectivity index (χ2n) is 8.51. The van der Waals surface area contributed by atoms with Crippen LogP contribution in [0.3, 0.4) is 0 Å². The Balaban J connectivity index is 1.50. The number of aliphatic hydroxyl groups excluding tert-OH is 1. The van der Waals surface area contributed by atoms with E-state index in [1.54, 1.807) is 6.07 Å². The predicted octanol–water partition coefficient (Wildman–Crippen LogP) is 4.09. The Kier molecular flexibility index (Phi) is 7.32. The maximum atomic E-state index is 13.5. The highest BCUT2D eigenvalue weighted by molar-refractivity contribution is 5.97. The molecular weight excluding hydrogens is 442 g/mol. The summed E-state index contributed by atoms with van der Waals surface area (Å²) >= 11 is 0. The van der Waals surface area contributed by atoms with E-state index in [4.69, 9.17) is 0 Å². The molecule has 1 aromatic heterocycles. The molecule has 2 unspecified atom stereocenters. The van der Waals surface area contributed by atoms with Gasteiger partial charge in [0.25, 0.3) is 5.91 Å². The summed E-state index contributed by atoms with van der Waals surface area (Å²) in [6.07, 6.45) is 2.53. The van der Waals surface area contributed by atoms with Crippen LogP contribution in [0.25, 0.3) is 11.3 Å². The maximum absolute atomic E-state index is 13.5. The summed E-state index contributed by atoms with van der Waals surface area (Å²) in [4.78, 5) is 25.9. The fourth-order valence-corrected chi connectivity index (χ4v) is 4.34. The van der Waals surface area contributed by atoms with Gasteiger partial charge in [-0.05, 0) is 42.0 Å². The lowest BCUT2D eigenvalue weighted by molar-refractivity contribution is -0.134. The summed E-state index contributed by atoms with van der Waals surface area (Å²) < 4.78 is 27.1. The highest BCUT2D eigenvalue weighted by Crippen LogP contribution is 2.28. The van der Waals surface area contributed by atoms with Crippen molar-refractivity contribution in [3.63, 3.8) is 0 Å². The molecule has 1 saturated carbocycles. The molecule has 1 aliphatic rings. The summed E-state index contributed by atoms with van der Waals surface area (Å²) in [7, 11) is 0. The molecule has 2 aromatic carbocycles. The Hall–Kier alpha value is -3.59. The first-order valence-electron chi connectivity index (χ1n) is 11.3. The van der Waals surface area contributed by atoms with Gasteiger partial charge in [-0.1, -0.05) is 49.6 Å². The van der Waals surface area contributed by atoms with Crippen molar-refractivity contribution in [3.05, 3.63) is 71.8 Å². The number of aliphatic hydroxyl groups is 1. The van der Waals surface area contributed by atoms with Crippen molar-refractivity contribution in [2.45, 2.75) is 44.2 Å². The lowest BCUT2D eigenvalue weighted by Gasteiger charge is -2.30. The number of nitrogens with one attached hydrogen (secondary N) is 3. The van der Waals surface area contributed by atoms with Crippen molar-refractivity contribution < 1.29 is 23.5 Å². The molecule has 2 atom stereocenters. The lowest BCUT2D eigenvalue weighted by atomic mass is 9.83. The first-order valence-corrected chi connectivity index (χ1v) is 11.3. The lowest BCUT2D eigenvalue weighted by Crippen LogP contribution is -2.50. The average Bonchev–Trinajstić information content (AvgIpc) is 3.30. The van der Waals surface area contributed by atoms with Gasteiger partial charge in [0, 0.05) is 12.1 Å². The van der Waals surface area contributed by atoms with Gasteiger partial charge in [-0.2, -0.15) is 5.10 Å². The van der Waals surface area contributed by atoms with E-state index < -0.39 is 35.6 Å². The monoisotopic (exact) mass is 468 g/mol. The molecule has 9 heteroatoms. The number of carbonyl (C=O) groups excluding carboxylic acids is 2. The molecule has 2 amide bonds. The summed E-state index contributed by atoms with van der Waals surface area (Å²) in [6, 6.07) is 12.7. The predicted molar refractivity (Wildman–Crippen MR) is 122 cm³/mol. The van der Waals surface area contributed by atoms with Crippen LogP contribution in [0.4, 0.5) is 14.6 Å². The standard InChI is InChI=1S/C25H26F2N4O3/c26-18-11-17(12-19(27)13-18)23(32)25(34)29-22(16-9-5-2-6-10-16)24(33)28-21-14-20(30-31-21)15-7-3-1-4-8-15/h1,3-4,7-8,11-14,16,22-23,32H,2,5-6,9-10H2,(H,29,34)(H2,28,30,31,33). The number of aromatic amines is 1. The third kappa shape index (κ3) is 5.66. The Labute approximate surface area is 195 Å². The second kappa shape index (κ2) is 10.6. The zero-order valence-electron chi connectivity index (χ0n) is 18.4. The molecule has 0 radical (unpaired) electrons. The molecular formula is C25H26F2N4O3. The number of H-pyrrole nitrogens is 1. The number of aromatic nitrogens is 2. The van der Waals surface area contributed by atoms with Crippen molar-refractivity contribution in [2.75, 3.05) is 5.32 Å². The van der Waals surface area contributed by atoms with Crippen molar-refractivity contribution in [2.24, 2.45) is 5.92 Å². The van der Waals surface area contributed by atoms with E-state index in [2.05, 4.69) is 20.8 Å². The number of rotatable bonds is 7. The summed E-state index contributed by atoms with van der Waals surface area (Å²) in [5, 5.41) is 22.7. The van der Waals surface area contributed by atoms with Crippen LogP contribution in [0.2, 0.25) is 0 Å². The fourth-order valence-electron chi connectivity index (χ4n) is 4.34. The topological polar surface area (TPSA) is 107 Å². The third-order valence-electron chi connectivity index (χ3n) is 6.06. The highest BCUT2D eigenvalue weighted by Gasteiger charge is 2.33. The molecule has 1 aliphatic carbocycles. The molecule has 34 heavy (non-hydrogen) atoms. The van der Waals surface area contributed by atoms with Gasteiger partial charge in [0.05, 0.1) is 5.69 Å². The van der Waals surface area contributed by atoms with Crippen molar-refractivity contribution in [3.8, 4) is 11.3 Å². The van der Waals surface area contributed by atoms with Gasteiger partial charge in [0.15, 0.2) is 11.9 Å². The Morgan fingerprint density at radius 2 is 1.65 bits per heavy atom. The minimum absolute atomic E-state index is 0.137. The van der Waals surface area contributed by atoms with Crippen LogP contribution in [0.15, 0.2) is 54.6 Å². The fraction of sp³-hybridized carbons (Fsp3) is 0.320. The maximum Gasteiger partial charge on any atom is 0.254 e. The normalized spacial score (nSPS) is 16.0.